The predicted molar refractivity (Wildman–Crippen MR) is 109 cm³/mol. The lowest BCUT2D eigenvalue weighted by Crippen LogP contribution is -2.51. The normalized spacial score (nSPS) is 24.1. The maximum absolute atomic E-state index is 13.0. The molecule has 0 aliphatic carbocycles. The summed E-state index contributed by atoms with van der Waals surface area (Å²) in [5.41, 5.74) is 0.906. The van der Waals surface area contributed by atoms with Gasteiger partial charge in [0.2, 0.25) is 11.8 Å². The van der Waals surface area contributed by atoms with E-state index in [-0.39, 0.29) is 23.8 Å². The zero-order valence-electron chi connectivity index (χ0n) is 15.8. The third-order valence-corrected chi connectivity index (χ3v) is 6.81. The maximum atomic E-state index is 13.0. The molecule has 0 spiro atoms. The van der Waals surface area contributed by atoms with Crippen LogP contribution in [0.15, 0.2) is 18.2 Å². The number of amides is 2. The van der Waals surface area contributed by atoms with Crippen molar-refractivity contribution in [2.24, 2.45) is 5.92 Å². The number of carbonyl (C=O) groups is 2. The Balaban J connectivity index is 1.34. The van der Waals surface area contributed by atoms with Crippen LogP contribution in [-0.4, -0.2) is 73.6 Å². The highest BCUT2D eigenvalue weighted by Crippen LogP contribution is 2.33. The van der Waals surface area contributed by atoms with Crippen molar-refractivity contribution < 1.29 is 14.3 Å². The second-order valence-electron chi connectivity index (χ2n) is 7.68. The largest absolute Gasteiger partial charge is 0.381 e. The molecule has 6 nitrogen and oxygen atoms in total. The molecular formula is C20H25Cl2N3O3. The number of hydrogen-bond acceptors (Lipinski definition) is 4. The van der Waals surface area contributed by atoms with Crippen LogP contribution in [0.2, 0.25) is 10.0 Å². The van der Waals surface area contributed by atoms with Gasteiger partial charge in [-0.15, -0.1) is 0 Å². The highest BCUT2D eigenvalue weighted by molar-refractivity contribution is 6.43. The zero-order chi connectivity index (χ0) is 19.7. The summed E-state index contributed by atoms with van der Waals surface area (Å²) in [6.07, 6.45) is 2.06. The van der Waals surface area contributed by atoms with Gasteiger partial charge in [-0.2, -0.15) is 0 Å². The number of piperazine rings is 1. The van der Waals surface area contributed by atoms with Crippen LogP contribution in [0.25, 0.3) is 0 Å². The second kappa shape index (κ2) is 8.47. The smallest absolute Gasteiger partial charge is 0.228 e. The Kier molecular flexibility index (Phi) is 5.99. The van der Waals surface area contributed by atoms with Gasteiger partial charge in [0.25, 0.3) is 0 Å². The molecule has 0 bridgehead atoms. The number of nitrogens with zero attached hydrogens (tertiary/aromatic N) is 3. The molecule has 8 heteroatoms. The number of carbonyl (C=O) groups excluding carboxylic acids is 2. The third kappa shape index (κ3) is 3.95. The molecule has 3 fully saturated rings. The number of anilines is 1. The highest BCUT2D eigenvalue weighted by Gasteiger charge is 2.40. The molecule has 0 N–H and O–H groups in total. The van der Waals surface area contributed by atoms with Gasteiger partial charge in [0.1, 0.15) is 0 Å². The van der Waals surface area contributed by atoms with Crippen molar-refractivity contribution in [3.8, 4) is 0 Å². The molecular weight excluding hydrogens is 401 g/mol. The molecule has 3 aliphatic rings. The molecule has 152 valence electrons. The van der Waals surface area contributed by atoms with E-state index in [4.69, 9.17) is 27.9 Å². The first-order valence-electron chi connectivity index (χ1n) is 9.89. The van der Waals surface area contributed by atoms with Crippen molar-refractivity contribution in [1.29, 1.82) is 0 Å². The molecule has 28 heavy (non-hydrogen) atoms. The topological polar surface area (TPSA) is 53.1 Å². The van der Waals surface area contributed by atoms with E-state index in [0.717, 1.165) is 18.5 Å². The quantitative estimate of drug-likeness (QED) is 0.746. The van der Waals surface area contributed by atoms with Gasteiger partial charge >= 0.3 is 0 Å². The van der Waals surface area contributed by atoms with Crippen molar-refractivity contribution in [2.45, 2.75) is 25.3 Å². The van der Waals surface area contributed by atoms with Gasteiger partial charge in [-0.05, 0) is 25.0 Å². The molecule has 0 saturated carbocycles. The Hall–Kier alpha value is -1.50. The summed E-state index contributed by atoms with van der Waals surface area (Å²) in [7, 11) is 0. The Morgan fingerprint density at radius 1 is 1.07 bits per heavy atom. The lowest BCUT2D eigenvalue weighted by molar-refractivity contribution is -0.136. The van der Waals surface area contributed by atoms with Gasteiger partial charge in [-0.25, -0.2) is 0 Å². The minimum atomic E-state index is -0.225. The summed E-state index contributed by atoms with van der Waals surface area (Å²) < 4.78 is 5.39. The fourth-order valence-electron chi connectivity index (χ4n) is 4.41. The Morgan fingerprint density at radius 3 is 2.50 bits per heavy atom. The molecule has 3 saturated heterocycles. The van der Waals surface area contributed by atoms with E-state index in [1.54, 1.807) is 6.07 Å². The van der Waals surface area contributed by atoms with Gasteiger partial charge in [0, 0.05) is 58.4 Å². The van der Waals surface area contributed by atoms with Gasteiger partial charge < -0.3 is 19.4 Å². The van der Waals surface area contributed by atoms with E-state index in [9.17, 15) is 9.59 Å². The maximum Gasteiger partial charge on any atom is 0.228 e. The Labute approximate surface area is 175 Å². The summed E-state index contributed by atoms with van der Waals surface area (Å²) in [5, 5.41) is 1.09. The fourth-order valence-corrected chi connectivity index (χ4v) is 4.82. The number of likely N-dealkylation sites (tertiary alicyclic amines) is 1. The third-order valence-electron chi connectivity index (χ3n) is 6.00. The fraction of sp³-hybridized carbons (Fsp3) is 0.600. The van der Waals surface area contributed by atoms with Crippen LogP contribution in [0.3, 0.4) is 0 Å². The highest BCUT2D eigenvalue weighted by atomic mass is 35.5. The monoisotopic (exact) mass is 425 g/mol. The van der Waals surface area contributed by atoms with Gasteiger partial charge in [0.15, 0.2) is 0 Å². The standard InChI is InChI=1S/C20H25Cl2N3O3/c21-16-2-1-3-17(19(16)22)23-6-8-24(9-7-23)20(27)14-12-18(26)25(13-14)15-4-10-28-11-5-15/h1-3,14-15H,4-13H2. The molecule has 1 atom stereocenters. The lowest BCUT2D eigenvalue weighted by atomic mass is 10.1. The Morgan fingerprint density at radius 2 is 1.79 bits per heavy atom. The van der Waals surface area contributed by atoms with Crippen LogP contribution in [-0.2, 0) is 14.3 Å². The first-order valence-corrected chi connectivity index (χ1v) is 10.6. The van der Waals surface area contributed by atoms with Crippen LogP contribution in [0.4, 0.5) is 5.69 Å². The summed E-state index contributed by atoms with van der Waals surface area (Å²) in [6.45, 7) is 4.60. The average Bonchev–Trinajstić information content (AvgIpc) is 3.12. The number of halogens is 2. The zero-order valence-corrected chi connectivity index (χ0v) is 17.3. The van der Waals surface area contributed by atoms with Crippen molar-refractivity contribution >= 4 is 40.7 Å². The number of ether oxygens (including phenoxy) is 1. The van der Waals surface area contributed by atoms with Crippen LogP contribution in [0, 0.1) is 5.92 Å². The molecule has 0 aromatic heterocycles. The lowest BCUT2D eigenvalue weighted by Gasteiger charge is -2.37. The van der Waals surface area contributed by atoms with E-state index in [2.05, 4.69) is 4.90 Å². The SMILES string of the molecule is O=C(C1CC(=O)N(C2CCOCC2)C1)N1CCN(c2cccc(Cl)c2Cl)CC1. The number of benzene rings is 1. The van der Waals surface area contributed by atoms with Crippen LogP contribution < -0.4 is 4.90 Å². The van der Waals surface area contributed by atoms with E-state index < -0.39 is 0 Å². The second-order valence-corrected chi connectivity index (χ2v) is 8.46. The molecule has 1 aromatic carbocycles. The van der Waals surface area contributed by atoms with Crippen molar-refractivity contribution in [1.82, 2.24) is 9.80 Å². The molecule has 2 amide bonds. The predicted octanol–water partition coefficient (Wildman–Crippen LogP) is 2.67. The molecule has 0 radical (unpaired) electrons. The first-order chi connectivity index (χ1) is 13.5. The molecule has 3 heterocycles. The van der Waals surface area contributed by atoms with E-state index in [0.29, 0.717) is 62.4 Å². The number of hydrogen-bond donors (Lipinski definition) is 0. The van der Waals surface area contributed by atoms with Crippen LogP contribution >= 0.6 is 23.2 Å². The minimum absolute atomic E-state index is 0.0970. The number of rotatable bonds is 3. The van der Waals surface area contributed by atoms with E-state index in [1.165, 1.54) is 0 Å². The van der Waals surface area contributed by atoms with Gasteiger partial charge in [-0.1, -0.05) is 29.3 Å². The van der Waals surface area contributed by atoms with E-state index in [1.807, 2.05) is 21.9 Å². The molecule has 1 aromatic rings. The van der Waals surface area contributed by atoms with Gasteiger partial charge in [0.05, 0.1) is 21.7 Å². The molecule has 1 unspecified atom stereocenters. The van der Waals surface area contributed by atoms with Crippen LogP contribution in [0.1, 0.15) is 19.3 Å². The summed E-state index contributed by atoms with van der Waals surface area (Å²) >= 11 is 12.5. The first kappa shape index (κ1) is 19.8. The minimum Gasteiger partial charge on any atom is -0.381 e. The molecule has 4 rings (SSSR count). The Bertz CT molecular complexity index is 746. The van der Waals surface area contributed by atoms with Crippen LogP contribution in [0.5, 0.6) is 0 Å². The van der Waals surface area contributed by atoms with Crippen molar-refractivity contribution in [3.63, 3.8) is 0 Å². The molecule has 3 aliphatic heterocycles. The summed E-state index contributed by atoms with van der Waals surface area (Å²) in [5.74, 6) is -0.0222. The summed E-state index contributed by atoms with van der Waals surface area (Å²) in [4.78, 5) is 31.4. The summed E-state index contributed by atoms with van der Waals surface area (Å²) in [6, 6.07) is 5.83. The van der Waals surface area contributed by atoms with Gasteiger partial charge in [-0.3, -0.25) is 9.59 Å². The van der Waals surface area contributed by atoms with Crippen molar-refractivity contribution in [2.75, 3.05) is 50.8 Å². The van der Waals surface area contributed by atoms with E-state index >= 15 is 0 Å². The van der Waals surface area contributed by atoms with Crippen molar-refractivity contribution in [3.05, 3.63) is 28.2 Å². The average molecular weight is 426 g/mol.